The van der Waals surface area contributed by atoms with Gasteiger partial charge in [0.15, 0.2) is 0 Å². The molecule has 1 aliphatic heterocycles. The molecule has 0 saturated carbocycles. The Hall–Kier alpha value is -3.90. The first-order chi connectivity index (χ1) is 16.7. The van der Waals surface area contributed by atoms with Crippen molar-refractivity contribution in [2.45, 2.75) is 19.8 Å². The zero-order valence-electron chi connectivity index (χ0n) is 19.2. The first-order valence-corrected chi connectivity index (χ1v) is 10.9. The van der Waals surface area contributed by atoms with Crippen molar-refractivity contribution in [3.8, 4) is 23.5 Å². The second-order valence-electron chi connectivity index (χ2n) is 8.25. The highest BCUT2D eigenvalue weighted by molar-refractivity contribution is 6.04. The van der Waals surface area contributed by atoms with E-state index >= 15 is 0 Å². The predicted octanol–water partition coefficient (Wildman–Crippen LogP) is 4.77. The van der Waals surface area contributed by atoms with Gasteiger partial charge in [-0.25, -0.2) is 9.37 Å². The third kappa shape index (κ3) is 5.28. The quantitative estimate of drug-likeness (QED) is 0.533. The van der Waals surface area contributed by atoms with Crippen molar-refractivity contribution in [2.75, 3.05) is 36.5 Å². The van der Waals surface area contributed by atoms with Crippen LogP contribution in [0.15, 0.2) is 42.7 Å². The number of terminal acetylenes is 1. The highest BCUT2D eigenvalue weighted by atomic mass is 19.3. The van der Waals surface area contributed by atoms with Gasteiger partial charge in [-0.1, -0.05) is 0 Å². The Morgan fingerprint density at radius 2 is 1.94 bits per heavy atom. The Morgan fingerprint density at radius 1 is 1.20 bits per heavy atom. The van der Waals surface area contributed by atoms with Gasteiger partial charge in [-0.15, -0.1) is 6.42 Å². The number of hydrogen-bond acceptors (Lipinski definition) is 5. The SMILES string of the molecule is C#Cc1ncc(-c2cc(NC(=O)c3ccnc(C(C)(F)F)c3)c(F)cc2C)cc1N1CCOCC1. The summed E-state index contributed by atoms with van der Waals surface area (Å²) >= 11 is 0. The van der Waals surface area contributed by atoms with Crippen molar-refractivity contribution in [3.63, 3.8) is 0 Å². The molecule has 1 aromatic carbocycles. The van der Waals surface area contributed by atoms with Crippen molar-refractivity contribution in [2.24, 2.45) is 0 Å². The van der Waals surface area contributed by atoms with Crippen LogP contribution < -0.4 is 10.2 Å². The minimum atomic E-state index is -3.21. The van der Waals surface area contributed by atoms with E-state index in [0.717, 1.165) is 18.0 Å². The van der Waals surface area contributed by atoms with Gasteiger partial charge in [-0.3, -0.25) is 9.78 Å². The van der Waals surface area contributed by atoms with Crippen LogP contribution in [-0.4, -0.2) is 42.2 Å². The van der Waals surface area contributed by atoms with Gasteiger partial charge < -0.3 is 15.0 Å². The van der Waals surface area contributed by atoms with E-state index in [4.69, 9.17) is 11.2 Å². The number of aromatic nitrogens is 2. The number of amides is 1. The van der Waals surface area contributed by atoms with Crippen LogP contribution in [0.1, 0.15) is 34.2 Å². The van der Waals surface area contributed by atoms with Crippen LogP contribution in [0, 0.1) is 25.1 Å². The number of ether oxygens (including phenoxy) is 1. The van der Waals surface area contributed by atoms with Crippen LogP contribution in [0.2, 0.25) is 0 Å². The molecule has 3 heterocycles. The molecule has 2 aromatic heterocycles. The highest BCUT2D eigenvalue weighted by Crippen LogP contribution is 2.32. The van der Waals surface area contributed by atoms with E-state index in [2.05, 4.69) is 26.1 Å². The normalized spacial score (nSPS) is 13.9. The van der Waals surface area contributed by atoms with Gasteiger partial charge in [0, 0.05) is 43.5 Å². The summed E-state index contributed by atoms with van der Waals surface area (Å²) in [4.78, 5) is 22.8. The van der Waals surface area contributed by atoms with E-state index in [1.807, 2.05) is 6.07 Å². The number of morpholine rings is 1. The van der Waals surface area contributed by atoms with Crippen LogP contribution in [0.4, 0.5) is 24.5 Å². The number of aryl methyl sites for hydroxylation is 1. The van der Waals surface area contributed by atoms with Gasteiger partial charge in [0.2, 0.25) is 0 Å². The molecule has 6 nitrogen and oxygen atoms in total. The molecular weight excluding hydrogens is 457 g/mol. The van der Waals surface area contributed by atoms with Gasteiger partial charge in [0.25, 0.3) is 11.8 Å². The number of nitrogens with zero attached hydrogens (tertiary/aromatic N) is 3. The lowest BCUT2D eigenvalue weighted by molar-refractivity contribution is 0.0127. The molecule has 0 spiro atoms. The van der Waals surface area contributed by atoms with Crippen molar-refractivity contribution in [1.82, 2.24) is 9.97 Å². The van der Waals surface area contributed by atoms with Crippen LogP contribution in [0.5, 0.6) is 0 Å². The smallest absolute Gasteiger partial charge is 0.286 e. The first-order valence-electron chi connectivity index (χ1n) is 10.9. The third-order valence-electron chi connectivity index (χ3n) is 5.70. The number of halogens is 3. The zero-order chi connectivity index (χ0) is 25.2. The van der Waals surface area contributed by atoms with Crippen molar-refractivity contribution >= 4 is 17.3 Å². The van der Waals surface area contributed by atoms with Gasteiger partial charge >= 0.3 is 0 Å². The number of benzene rings is 1. The fourth-order valence-electron chi connectivity index (χ4n) is 3.84. The fraction of sp³-hybridized carbons (Fsp3) is 0.269. The maximum atomic E-state index is 14.8. The number of nitrogens with one attached hydrogen (secondary N) is 1. The topological polar surface area (TPSA) is 67.4 Å². The predicted molar refractivity (Wildman–Crippen MR) is 127 cm³/mol. The standard InChI is InChI=1S/C26H23F3N4O2/c1-4-21-23(33-7-9-35-10-8-33)12-18(15-31-21)19-14-22(20(27)11-16(19)2)32-25(34)17-5-6-30-24(13-17)26(3,28)29/h1,5-6,11-15H,7-10H2,2-3H3,(H,32,34). The molecule has 0 atom stereocenters. The second-order valence-corrected chi connectivity index (χ2v) is 8.25. The van der Waals surface area contributed by atoms with Crippen molar-refractivity contribution < 1.29 is 22.7 Å². The Balaban J connectivity index is 1.68. The number of pyridine rings is 2. The summed E-state index contributed by atoms with van der Waals surface area (Å²) < 4.78 is 47.4. The minimum absolute atomic E-state index is 0.0623. The van der Waals surface area contributed by atoms with E-state index in [9.17, 15) is 18.0 Å². The van der Waals surface area contributed by atoms with E-state index in [1.54, 1.807) is 13.1 Å². The average Bonchev–Trinajstić information content (AvgIpc) is 2.85. The largest absolute Gasteiger partial charge is 0.378 e. The lowest BCUT2D eigenvalue weighted by Gasteiger charge is -2.29. The maximum absolute atomic E-state index is 14.8. The number of anilines is 2. The van der Waals surface area contributed by atoms with Crippen molar-refractivity contribution in [3.05, 3.63) is 71.1 Å². The summed E-state index contributed by atoms with van der Waals surface area (Å²) in [6.45, 7) is 4.89. The van der Waals surface area contributed by atoms with Crippen LogP contribution >= 0.6 is 0 Å². The number of hydrogen-bond donors (Lipinski definition) is 1. The molecule has 0 radical (unpaired) electrons. The maximum Gasteiger partial charge on any atom is 0.286 e. The highest BCUT2D eigenvalue weighted by Gasteiger charge is 2.27. The molecule has 180 valence electrons. The van der Waals surface area contributed by atoms with E-state index in [-0.39, 0.29) is 11.3 Å². The van der Waals surface area contributed by atoms with Gasteiger partial charge in [-0.2, -0.15) is 8.78 Å². The molecule has 1 saturated heterocycles. The van der Waals surface area contributed by atoms with Crippen LogP contribution in [0.3, 0.4) is 0 Å². The monoisotopic (exact) mass is 480 g/mol. The summed E-state index contributed by atoms with van der Waals surface area (Å²) in [6.07, 6.45) is 8.36. The molecule has 1 amide bonds. The molecule has 1 fully saturated rings. The van der Waals surface area contributed by atoms with Crippen LogP contribution in [-0.2, 0) is 10.7 Å². The number of carbonyl (C=O) groups excluding carboxylic acids is 1. The molecule has 4 rings (SSSR count). The van der Waals surface area contributed by atoms with Gasteiger partial charge in [0.1, 0.15) is 17.2 Å². The first kappa shape index (κ1) is 24.2. The Bertz CT molecular complexity index is 1310. The second kappa shape index (κ2) is 9.76. The van der Waals surface area contributed by atoms with Crippen molar-refractivity contribution in [1.29, 1.82) is 0 Å². The molecule has 35 heavy (non-hydrogen) atoms. The lowest BCUT2D eigenvalue weighted by Crippen LogP contribution is -2.36. The minimum Gasteiger partial charge on any atom is -0.378 e. The Morgan fingerprint density at radius 3 is 2.63 bits per heavy atom. The Kier molecular flexibility index (Phi) is 6.76. The summed E-state index contributed by atoms with van der Waals surface area (Å²) in [6, 6.07) is 6.95. The molecule has 1 N–H and O–H groups in total. The van der Waals surface area contributed by atoms with E-state index < -0.39 is 23.3 Å². The molecule has 1 aliphatic rings. The third-order valence-corrected chi connectivity index (χ3v) is 5.70. The molecular formula is C26H23F3N4O2. The summed E-state index contributed by atoms with van der Waals surface area (Å²) in [5.74, 6) is -2.01. The average molecular weight is 480 g/mol. The molecule has 0 unspecified atom stereocenters. The van der Waals surface area contributed by atoms with Gasteiger partial charge in [0.05, 0.1) is 24.6 Å². The van der Waals surface area contributed by atoms with E-state index in [0.29, 0.717) is 55.6 Å². The zero-order valence-corrected chi connectivity index (χ0v) is 19.2. The summed E-state index contributed by atoms with van der Waals surface area (Å²) in [5, 5.41) is 2.48. The van der Waals surface area contributed by atoms with E-state index in [1.165, 1.54) is 18.2 Å². The number of rotatable bonds is 5. The fourth-order valence-corrected chi connectivity index (χ4v) is 3.84. The number of alkyl halides is 2. The lowest BCUT2D eigenvalue weighted by atomic mass is 9.99. The molecule has 0 aliphatic carbocycles. The molecule has 3 aromatic rings. The van der Waals surface area contributed by atoms with Gasteiger partial charge in [-0.05, 0) is 54.3 Å². The molecule has 9 heteroatoms. The summed E-state index contributed by atoms with van der Waals surface area (Å²) in [7, 11) is 0. The molecule has 0 bridgehead atoms. The van der Waals surface area contributed by atoms with Crippen LogP contribution in [0.25, 0.3) is 11.1 Å². The number of carbonyl (C=O) groups is 1. The Labute approximate surface area is 201 Å². The summed E-state index contributed by atoms with van der Waals surface area (Å²) in [5.41, 5.74) is 2.51.